The van der Waals surface area contributed by atoms with E-state index in [4.69, 9.17) is 4.74 Å². The largest absolute Gasteiger partial charge is 0.450 e. The highest BCUT2D eigenvalue weighted by molar-refractivity contribution is 5.79. The summed E-state index contributed by atoms with van der Waals surface area (Å²) in [5, 5.41) is 2.79. The number of hydrogen-bond acceptors (Lipinski definition) is 3. The number of likely N-dealkylation sites (tertiary alicyclic amines) is 1. The molecule has 0 aromatic heterocycles. The summed E-state index contributed by atoms with van der Waals surface area (Å²) in [5.41, 5.74) is 0. The zero-order valence-corrected chi connectivity index (χ0v) is 9.99. The molecule has 0 aromatic rings. The van der Waals surface area contributed by atoms with Crippen LogP contribution in [0.1, 0.15) is 26.7 Å². The van der Waals surface area contributed by atoms with E-state index in [1.54, 1.807) is 11.8 Å². The molecule has 0 radical (unpaired) electrons. The van der Waals surface area contributed by atoms with Gasteiger partial charge in [-0.1, -0.05) is 0 Å². The molecule has 0 aromatic carbocycles. The molecule has 1 saturated heterocycles. The molecule has 0 aliphatic carbocycles. The molecule has 1 unspecified atom stereocenters. The van der Waals surface area contributed by atoms with E-state index in [1.165, 1.54) is 0 Å². The number of ether oxygens (including phenoxy) is 1. The number of carbonyl (C=O) groups excluding carboxylic acids is 2. The van der Waals surface area contributed by atoms with Crippen LogP contribution in [-0.4, -0.2) is 43.1 Å². The van der Waals surface area contributed by atoms with Crippen molar-refractivity contribution in [3.8, 4) is 0 Å². The summed E-state index contributed by atoms with van der Waals surface area (Å²) in [6, 6.07) is 0. The van der Waals surface area contributed by atoms with Gasteiger partial charge in [-0.05, 0) is 26.7 Å². The van der Waals surface area contributed by atoms with Crippen LogP contribution in [0.2, 0.25) is 0 Å². The van der Waals surface area contributed by atoms with Gasteiger partial charge in [-0.25, -0.2) is 4.79 Å². The van der Waals surface area contributed by atoms with Gasteiger partial charge in [-0.15, -0.1) is 0 Å². The van der Waals surface area contributed by atoms with Crippen molar-refractivity contribution in [1.82, 2.24) is 10.2 Å². The lowest BCUT2D eigenvalue weighted by Crippen LogP contribution is -2.45. The lowest BCUT2D eigenvalue weighted by molar-refractivity contribution is -0.126. The molecule has 2 amide bonds. The molecule has 1 heterocycles. The number of rotatable bonds is 3. The number of piperidine rings is 1. The van der Waals surface area contributed by atoms with E-state index in [2.05, 4.69) is 5.32 Å². The van der Waals surface area contributed by atoms with Crippen LogP contribution in [0.25, 0.3) is 0 Å². The van der Waals surface area contributed by atoms with Gasteiger partial charge < -0.3 is 15.0 Å². The Bertz CT molecular complexity index is 232. The normalized spacial score (nSPS) is 20.4. The molecule has 1 fully saturated rings. The zero-order valence-electron chi connectivity index (χ0n) is 9.99. The van der Waals surface area contributed by atoms with Crippen molar-refractivity contribution in [2.45, 2.75) is 26.7 Å². The summed E-state index contributed by atoms with van der Waals surface area (Å²) in [7, 11) is 0. The molecule has 16 heavy (non-hydrogen) atoms. The van der Waals surface area contributed by atoms with Crippen molar-refractivity contribution in [2.24, 2.45) is 5.92 Å². The van der Waals surface area contributed by atoms with Gasteiger partial charge in [0, 0.05) is 19.6 Å². The molecule has 1 rings (SSSR count). The number of amides is 2. The van der Waals surface area contributed by atoms with Gasteiger partial charge in [0.25, 0.3) is 0 Å². The highest BCUT2D eigenvalue weighted by Gasteiger charge is 2.28. The molecule has 1 atom stereocenters. The lowest BCUT2D eigenvalue weighted by atomic mass is 9.97. The summed E-state index contributed by atoms with van der Waals surface area (Å²) < 4.78 is 4.92. The van der Waals surface area contributed by atoms with Gasteiger partial charge in [0.05, 0.1) is 12.5 Å². The molecule has 5 nitrogen and oxygen atoms in total. The van der Waals surface area contributed by atoms with Gasteiger partial charge in [-0.2, -0.15) is 0 Å². The van der Waals surface area contributed by atoms with Gasteiger partial charge in [0.2, 0.25) is 5.91 Å². The van der Waals surface area contributed by atoms with Crippen LogP contribution in [0.15, 0.2) is 0 Å². The van der Waals surface area contributed by atoms with E-state index in [1.807, 2.05) is 6.92 Å². The average molecular weight is 228 g/mol. The predicted octanol–water partition coefficient (Wildman–Crippen LogP) is 0.991. The first kappa shape index (κ1) is 12.8. The monoisotopic (exact) mass is 228 g/mol. The van der Waals surface area contributed by atoms with Crippen molar-refractivity contribution < 1.29 is 14.3 Å². The van der Waals surface area contributed by atoms with Crippen molar-refractivity contribution in [2.75, 3.05) is 26.2 Å². The Kier molecular flexibility index (Phi) is 5.08. The summed E-state index contributed by atoms with van der Waals surface area (Å²) in [5.74, 6) is -0.0467. The molecule has 0 spiro atoms. The molecular weight excluding hydrogens is 208 g/mol. The second-order valence-corrected chi connectivity index (χ2v) is 3.88. The maximum Gasteiger partial charge on any atom is 0.409 e. The minimum absolute atomic E-state index is 0.0384. The smallest absolute Gasteiger partial charge is 0.409 e. The Morgan fingerprint density at radius 3 is 2.81 bits per heavy atom. The fraction of sp³-hybridized carbons (Fsp3) is 0.818. The first-order valence-corrected chi connectivity index (χ1v) is 5.88. The fourth-order valence-electron chi connectivity index (χ4n) is 1.89. The van der Waals surface area contributed by atoms with Crippen molar-refractivity contribution in [1.29, 1.82) is 0 Å². The zero-order chi connectivity index (χ0) is 12.0. The van der Waals surface area contributed by atoms with Crippen molar-refractivity contribution in [3.05, 3.63) is 0 Å². The molecule has 0 bridgehead atoms. The Balaban J connectivity index is 2.46. The molecule has 1 aliphatic rings. The Hall–Kier alpha value is -1.26. The number of carbonyl (C=O) groups is 2. The van der Waals surface area contributed by atoms with Crippen molar-refractivity contribution >= 4 is 12.0 Å². The Labute approximate surface area is 96.1 Å². The molecule has 5 heteroatoms. The van der Waals surface area contributed by atoms with Crippen LogP contribution >= 0.6 is 0 Å². The predicted molar refractivity (Wildman–Crippen MR) is 60.0 cm³/mol. The van der Waals surface area contributed by atoms with Crippen molar-refractivity contribution in [3.63, 3.8) is 0 Å². The summed E-state index contributed by atoms with van der Waals surface area (Å²) in [6.07, 6.45) is 1.40. The molecule has 1 aliphatic heterocycles. The quantitative estimate of drug-likeness (QED) is 0.783. The minimum Gasteiger partial charge on any atom is -0.450 e. The third-order valence-corrected chi connectivity index (χ3v) is 2.67. The molecule has 1 N–H and O–H groups in total. The third-order valence-electron chi connectivity index (χ3n) is 2.67. The third kappa shape index (κ3) is 3.40. The lowest BCUT2D eigenvalue weighted by Gasteiger charge is -2.31. The molecule has 92 valence electrons. The van der Waals surface area contributed by atoms with Crippen LogP contribution in [-0.2, 0) is 9.53 Å². The fourth-order valence-corrected chi connectivity index (χ4v) is 1.89. The second-order valence-electron chi connectivity index (χ2n) is 3.88. The highest BCUT2D eigenvalue weighted by Crippen LogP contribution is 2.17. The summed E-state index contributed by atoms with van der Waals surface area (Å²) in [6.45, 7) is 5.85. The van der Waals surface area contributed by atoms with E-state index in [-0.39, 0.29) is 17.9 Å². The number of nitrogens with zero attached hydrogens (tertiary/aromatic N) is 1. The van der Waals surface area contributed by atoms with Gasteiger partial charge >= 0.3 is 6.09 Å². The summed E-state index contributed by atoms with van der Waals surface area (Å²) >= 11 is 0. The maximum absolute atomic E-state index is 11.6. The van der Waals surface area contributed by atoms with E-state index in [0.29, 0.717) is 26.2 Å². The van der Waals surface area contributed by atoms with E-state index < -0.39 is 0 Å². The Morgan fingerprint density at radius 2 is 2.19 bits per heavy atom. The van der Waals surface area contributed by atoms with Crippen LogP contribution in [0.3, 0.4) is 0 Å². The highest BCUT2D eigenvalue weighted by atomic mass is 16.6. The molecular formula is C11H20N2O3. The van der Waals surface area contributed by atoms with Crippen LogP contribution in [0, 0.1) is 5.92 Å². The standard InChI is InChI=1S/C11H20N2O3/c1-3-12-10(14)9-6-5-7-13(8-9)11(15)16-4-2/h9H,3-8H2,1-2H3,(H,12,14). The van der Waals surface area contributed by atoms with Crippen LogP contribution in [0.4, 0.5) is 4.79 Å². The topological polar surface area (TPSA) is 58.6 Å². The second kappa shape index (κ2) is 6.35. The first-order valence-electron chi connectivity index (χ1n) is 5.88. The van der Waals surface area contributed by atoms with E-state index >= 15 is 0 Å². The minimum atomic E-state index is -0.309. The maximum atomic E-state index is 11.6. The Morgan fingerprint density at radius 1 is 1.44 bits per heavy atom. The van der Waals surface area contributed by atoms with E-state index in [0.717, 1.165) is 12.8 Å². The van der Waals surface area contributed by atoms with E-state index in [9.17, 15) is 9.59 Å². The molecule has 0 saturated carbocycles. The number of nitrogens with one attached hydrogen (secondary N) is 1. The number of hydrogen-bond donors (Lipinski definition) is 1. The van der Waals surface area contributed by atoms with Gasteiger partial charge in [0.1, 0.15) is 0 Å². The summed E-state index contributed by atoms with van der Waals surface area (Å²) in [4.78, 5) is 24.7. The van der Waals surface area contributed by atoms with Gasteiger partial charge in [-0.3, -0.25) is 4.79 Å². The average Bonchev–Trinajstić information content (AvgIpc) is 2.30. The van der Waals surface area contributed by atoms with Crippen LogP contribution in [0.5, 0.6) is 0 Å². The van der Waals surface area contributed by atoms with Crippen LogP contribution < -0.4 is 5.32 Å². The van der Waals surface area contributed by atoms with Gasteiger partial charge in [0.15, 0.2) is 0 Å². The first-order chi connectivity index (χ1) is 7.69. The SMILES string of the molecule is CCNC(=O)C1CCCN(C(=O)OCC)C1.